The minimum Gasteiger partial charge on any atom is -0.444 e. The standard InChI is InChI=1S/C28H44N4O6/c1-28(2,3)38-27(37)31-21(17-8-5-4-6-9-17)26(36)32-15-18-10-7-11-19(18)22(32)25(35)30-20(14-16-12-13-16)23(33)24(29)34/h16-22H,4-15H2,1-3H3,(H2,29,34)(H,30,35)(H,31,37)/t18-,19?,20?,21-,22-/m0/s1. The number of likely N-dealkylation sites (tertiary alicyclic amines) is 1. The van der Waals surface area contributed by atoms with E-state index >= 15 is 0 Å². The third kappa shape index (κ3) is 6.86. The van der Waals surface area contributed by atoms with E-state index in [-0.39, 0.29) is 29.6 Å². The number of ether oxygens (including phenoxy) is 1. The molecule has 0 bridgehead atoms. The number of rotatable bonds is 9. The Hall–Kier alpha value is -2.65. The molecule has 3 saturated carbocycles. The molecule has 1 saturated heterocycles. The maximum atomic E-state index is 14.1. The highest BCUT2D eigenvalue weighted by Gasteiger charge is 2.52. The third-order valence-electron chi connectivity index (χ3n) is 8.64. The number of hydrogen-bond donors (Lipinski definition) is 3. The number of nitrogens with zero attached hydrogens (tertiary/aromatic N) is 1. The van der Waals surface area contributed by atoms with Gasteiger partial charge in [-0.25, -0.2) is 4.79 Å². The summed E-state index contributed by atoms with van der Waals surface area (Å²) < 4.78 is 5.48. The summed E-state index contributed by atoms with van der Waals surface area (Å²) in [6.07, 6.45) is 9.08. The fourth-order valence-corrected chi connectivity index (χ4v) is 6.68. The fourth-order valence-electron chi connectivity index (χ4n) is 6.68. The van der Waals surface area contributed by atoms with Crippen molar-refractivity contribution < 1.29 is 28.7 Å². The molecule has 10 nitrogen and oxygen atoms in total. The number of carbonyl (C=O) groups is 5. The second-order valence-corrected chi connectivity index (χ2v) is 12.8. The zero-order valence-corrected chi connectivity index (χ0v) is 23.0. The maximum Gasteiger partial charge on any atom is 0.408 e. The first kappa shape index (κ1) is 28.4. The summed E-state index contributed by atoms with van der Waals surface area (Å²) in [6.45, 7) is 5.77. The predicted octanol–water partition coefficient (Wildman–Crippen LogP) is 2.43. The molecule has 10 heteroatoms. The Morgan fingerprint density at radius 1 is 0.921 bits per heavy atom. The Balaban J connectivity index is 1.55. The molecule has 0 spiro atoms. The average molecular weight is 533 g/mol. The minimum absolute atomic E-state index is 0.0160. The number of ketones is 1. The highest BCUT2D eigenvalue weighted by atomic mass is 16.6. The van der Waals surface area contributed by atoms with Gasteiger partial charge in [0.05, 0.1) is 6.04 Å². The zero-order chi connectivity index (χ0) is 27.6. The molecule has 4 aliphatic rings. The number of Topliss-reactive ketones (excluding diaryl/α,β-unsaturated/α-hetero) is 1. The van der Waals surface area contributed by atoms with Crippen LogP contribution in [0.1, 0.15) is 91.4 Å². The number of primary amides is 1. The lowest BCUT2D eigenvalue weighted by Crippen LogP contribution is -2.59. The van der Waals surface area contributed by atoms with Crippen LogP contribution in [0.25, 0.3) is 0 Å². The van der Waals surface area contributed by atoms with Gasteiger partial charge in [0.15, 0.2) is 0 Å². The monoisotopic (exact) mass is 532 g/mol. The first-order valence-electron chi connectivity index (χ1n) is 14.4. The van der Waals surface area contributed by atoms with Gasteiger partial charge in [0.1, 0.15) is 17.7 Å². The molecule has 0 aromatic heterocycles. The predicted molar refractivity (Wildman–Crippen MR) is 140 cm³/mol. The minimum atomic E-state index is -1.06. The smallest absolute Gasteiger partial charge is 0.408 e. The molecule has 4 rings (SSSR count). The van der Waals surface area contributed by atoms with Gasteiger partial charge in [-0.05, 0) is 76.5 Å². The van der Waals surface area contributed by atoms with Crippen LogP contribution in [-0.4, -0.2) is 64.8 Å². The highest BCUT2D eigenvalue weighted by Crippen LogP contribution is 2.43. The molecular weight excluding hydrogens is 488 g/mol. The molecule has 3 aliphatic carbocycles. The topological polar surface area (TPSA) is 148 Å². The maximum absolute atomic E-state index is 14.1. The van der Waals surface area contributed by atoms with Crippen molar-refractivity contribution in [2.24, 2.45) is 29.4 Å². The largest absolute Gasteiger partial charge is 0.444 e. The Bertz CT molecular complexity index is 936. The van der Waals surface area contributed by atoms with Gasteiger partial charge in [-0.3, -0.25) is 19.2 Å². The van der Waals surface area contributed by atoms with Gasteiger partial charge >= 0.3 is 6.09 Å². The molecule has 4 fully saturated rings. The van der Waals surface area contributed by atoms with Crippen LogP contribution in [0.5, 0.6) is 0 Å². The van der Waals surface area contributed by atoms with Crippen molar-refractivity contribution in [2.75, 3.05) is 6.54 Å². The lowest BCUT2D eigenvalue weighted by Gasteiger charge is -2.36. The number of nitrogens with one attached hydrogen (secondary N) is 2. The molecular formula is C28H44N4O6. The highest BCUT2D eigenvalue weighted by molar-refractivity contribution is 6.37. The molecule has 1 heterocycles. The molecule has 5 atom stereocenters. The molecule has 1 aliphatic heterocycles. The van der Waals surface area contributed by atoms with Crippen molar-refractivity contribution in [1.29, 1.82) is 0 Å². The number of carbonyl (C=O) groups excluding carboxylic acids is 5. The number of fused-ring (bicyclic) bond motifs is 1. The van der Waals surface area contributed by atoms with E-state index in [2.05, 4.69) is 10.6 Å². The lowest BCUT2D eigenvalue weighted by atomic mass is 9.83. The third-order valence-corrected chi connectivity index (χ3v) is 8.64. The number of amides is 4. The van der Waals surface area contributed by atoms with Gasteiger partial charge in [-0.1, -0.05) is 38.5 Å². The Morgan fingerprint density at radius 3 is 2.21 bits per heavy atom. The first-order valence-corrected chi connectivity index (χ1v) is 14.4. The Labute approximate surface area is 225 Å². The van der Waals surface area contributed by atoms with Gasteiger partial charge in [0.25, 0.3) is 5.91 Å². The van der Waals surface area contributed by atoms with Crippen molar-refractivity contribution in [2.45, 2.75) is 115 Å². The van der Waals surface area contributed by atoms with Crippen LogP contribution in [0.2, 0.25) is 0 Å². The van der Waals surface area contributed by atoms with Gasteiger partial charge in [0, 0.05) is 6.54 Å². The molecule has 38 heavy (non-hydrogen) atoms. The van der Waals surface area contributed by atoms with Crippen molar-refractivity contribution in [3.8, 4) is 0 Å². The van der Waals surface area contributed by atoms with Gasteiger partial charge in [-0.15, -0.1) is 0 Å². The van der Waals surface area contributed by atoms with Crippen LogP contribution in [0.3, 0.4) is 0 Å². The van der Waals surface area contributed by atoms with E-state index in [4.69, 9.17) is 10.5 Å². The Kier molecular flexibility index (Phi) is 8.67. The van der Waals surface area contributed by atoms with Crippen molar-refractivity contribution in [1.82, 2.24) is 15.5 Å². The second-order valence-electron chi connectivity index (χ2n) is 12.8. The molecule has 4 N–H and O–H groups in total. The number of hydrogen-bond acceptors (Lipinski definition) is 6. The van der Waals surface area contributed by atoms with Crippen LogP contribution in [-0.2, 0) is 23.9 Å². The normalized spacial score (nSPS) is 27.2. The summed E-state index contributed by atoms with van der Waals surface area (Å²) in [4.78, 5) is 66.5. The van der Waals surface area contributed by atoms with Crippen molar-refractivity contribution in [3.63, 3.8) is 0 Å². The molecule has 2 unspecified atom stereocenters. The quantitative estimate of drug-likeness (QED) is 0.389. The van der Waals surface area contributed by atoms with E-state index in [0.717, 1.165) is 64.2 Å². The van der Waals surface area contributed by atoms with E-state index in [1.165, 1.54) is 0 Å². The summed E-state index contributed by atoms with van der Waals surface area (Å²) in [5.74, 6) is -2.10. The molecule has 0 aromatic rings. The number of alkyl carbamates (subject to hydrolysis) is 1. The lowest BCUT2D eigenvalue weighted by molar-refractivity contribution is -0.144. The summed E-state index contributed by atoms with van der Waals surface area (Å²) in [7, 11) is 0. The van der Waals surface area contributed by atoms with Crippen molar-refractivity contribution >= 4 is 29.6 Å². The van der Waals surface area contributed by atoms with Crippen molar-refractivity contribution in [3.05, 3.63) is 0 Å². The average Bonchev–Trinajstić information content (AvgIpc) is 3.42. The first-order chi connectivity index (χ1) is 17.9. The molecule has 0 aromatic carbocycles. The fraction of sp³-hybridized carbons (Fsp3) is 0.821. The molecule has 212 valence electrons. The summed E-state index contributed by atoms with van der Waals surface area (Å²) >= 11 is 0. The zero-order valence-electron chi connectivity index (χ0n) is 23.0. The Morgan fingerprint density at radius 2 is 1.61 bits per heavy atom. The van der Waals surface area contributed by atoms with E-state index < -0.39 is 47.4 Å². The van der Waals surface area contributed by atoms with E-state index in [0.29, 0.717) is 13.0 Å². The van der Waals surface area contributed by atoms with Gasteiger partial charge in [0.2, 0.25) is 17.6 Å². The second kappa shape index (κ2) is 11.6. The SMILES string of the molecule is CC(C)(C)OC(=O)N[C@H](C(=O)N1C[C@@H]2CCCC2[C@H]1C(=O)NC(CC1CC1)C(=O)C(N)=O)C1CCCCC1. The van der Waals surface area contributed by atoms with Crippen LogP contribution in [0.15, 0.2) is 0 Å². The van der Waals surface area contributed by atoms with E-state index in [1.54, 1.807) is 25.7 Å². The van der Waals surface area contributed by atoms with E-state index in [1.807, 2.05) is 0 Å². The van der Waals surface area contributed by atoms with Crippen LogP contribution in [0, 0.1) is 23.7 Å². The van der Waals surface area contributed by atoms with Crippen LogP contribution in [0.4, 0.5) is 4.79 Å². The molecule has 0 radical (unpaired) electrons. The van der Waals surface area contributed by atoms with Gasteiger partial charge < -0.3 is 26.0 Å². The summed E-state index contributed by atoms with van der Waals surface area (Å²) in [6, 6.07) is -2.50. The van der Waals surface area contributed by atoms with Crippen LogP contribution < -0.4 is 16.4 Å². The van der Waals surface area contributed by atoms with Crippen LogP contribution >= 0.6 is 0 Å². The van der Waals surface area contributed by atoms with Gasteiger partial charge in [-0.2, -0.15) is 0 Å². The number of nitrogens with two attached hydrogens (primary N) is 1. The summed E-state index contributed by atoms with van der Waals surface area (Å²) in [5.41, 5.74) is 4.57. The van der Waals surface area contributed by atoms with E-state index in [9.17, 15) is 24.0 Å². The summed E-state index contributed by atoms with van der Waals surface area (Å²) in [5, 5.41) is 5.66. The molecule has 4 amide bonds.